The molecule has 3 nitrogen and oxygen atoms in total. The summed E-state index contributed by atoms with van der Waals surface area (Å²) in [5.41, 5.74) is 0. The van der Waals surface area contributed by atoms with E-state index in [1.54, 1.807) is 0 Å². The van der Waals surface area contributed by atoms with E-state index in [-0.39, 0.29) is 22.9 Å². The van der Waals surface area contributed by atoms with Crippen molar-refractivity contribution in [1.29, 1.82) is 0 Å². The van der Waals surface area contributed by atoms with Crippen molar-refractivity contribution in [3.05, 3.63) is 0 Å². The van der Waals surface area contributed by atoms with Crippen LogP contribution < -0.4 is 5.32 Å². The van der Waals surface area contributed by atoms with Gasteiger partial charge in [0.25, 0.3) is 0 Å². The molecule has 1 amide bonds. The molecule has 1 aliphatic rings. The summed E-state index contributed by atoms with van der Waals surface area (Å²) in [7, 11) is 0. The van der Waals surface area contributed by atoms with Gasteiger partial charge in [-0.05, 0) is 6.42 Å². The molecule has 1 saturated heterocycles. The van der Waals surface area contributed by atoms with Crippen LogP contribution >= 0.6 is 23.4 Å². The highest BCUT2D eigenvalue weighted by molar-refractivity contribution is 8.14. The van der Waals surface area contributed by atoms with Crippen LogP contribution in [-0.2, 0) is 9.59 Å². The van der Waals surface area contributed by atoms with E-state index in [1.165, 1.54) is 11.8 Å². The van der Waals surface area contributed by atoms with Gasteiger partial charge in [0.1, 0.15) is 5.88 Å². The summed E-state index contributed by atoms with van der Waals surface area (Å²) in [4.78, 5) is 21.6. The Morgan fingerprint density at radius 1 is 1.82 bits per heavy atom. The van der Waals surface area contributed by atoms with Crippen LogP contribution in [0.2, 0.25) is 0 Å². The zero-order valence-corrected chi connectivity index (χ0v) is 7.37. The van der Waals surface area contributed by atoms with Crippen molar-refractivity contribution >= 4 is 34.4 Å². The third-order valence-electron chi connectivity index (χ3n) is 1.39. The Morgan fingerprint density at radius 3 is 3.00 bits per heavy atom. The van der Waals surface area contributed by atoms with Crippen molar-refractivity contribution in [2.75, 3.05) is 11.6 Å². The first-order valence-corrected chi connectivity index (χ1v) is 4.78. The van der Waals surface area contributed by atoms with E-state index in [1.807, 2.05) is 0 Å². The number of alkyl halides is 1. The summed E-state index contributed by atoms with van der Waals surface area (Å²) in [5, 5.41) is 2.58. The van der Waals surface area contributed by atoms with Crippen LogP contribution in [0, 0.1) is 0 Å². The number of carbonyl (C=O) groups excluding carboxylic acids is 2. The van der Waals surface area contributed by atoms with E-state index < -0.39 is 0 Å². The Labute approximate surface area is 73.9 Å². The second-order valence-electron chi connectivity index (χ2n) is 2.21. The molecule has 1 rings (SSSR count). The van der Waals surface area contributed by atoms with Gasteiger partial charge >= 0.3 is 0 Å². The van der Waals surface area contributed by atoms with E-state index in [0.717, 1.165) is 12.2 Å². The van der Waals surface area contributed by atoms with Gasteiger partial charge in [-0.25, -0.2) is 0 Å². The normalized spacial score (nSPS) is 23.7. The predicted molar refractivity (Wildman–Crippen MR) is 44.7 cm³/mol. The molecule has 0 unspecified atom stereocenters. The van der Waals surface area contributed by atoms with Gasteiger partial charge < -0.3 is 5.32 Å². The Kier molecular flexibility index (Phi) is 3.20. The second-order valence-corrected chi connectivity index (χ2v) is 3.58. The average molecular weight is 194 g/mol. The topological polar surface area (TPSA) is 46.2 Å². The smallest absolute Gasteiger partial charge is 0.235 e. The van der Waals surface area contributed by atoms with Crippen LogP contribution in [0.5, 0.6) is 0 Å². The van der Waals surface area contributed by atoms with E-state index in [9.17, 15) is 9.59 Å². The van der Waals surface area contributed by atoms with Crippen LogP contribution in [0.25, 0.3) is 0 Å². The van der Waals surface area contributed by atoms with E-state index >= 15 is 0 Å². The molecule has 11 heavy (non-hydrogen) atoms. The van der Waals surface area contributed by atoms with Crippen LogP contribution in [0.3, 0.4) is 0 Å². The molecule has 0 saturated carbocycles. The van der Waals surface area contributed by atoms with Crippen molar-refractivity contribution < 1.29 is 9.59 Å². The second kappa shape index (κ2) is 3.97. The fraction of sp³-hybridized carbons (Fsp3) is 0.667. The Balaban J connectivity index is 2.36. The molecule has 1 aliphatic heterocycles. The van der Waals surface area contributed by atoms with Gasteiger partial charge in [-0.1, -0.05) is 11.8 Å². The van der Waals surface area contributed by atoms with Gasteiger partial charge in [-0.3, -0.25) is 9.59 Å². The zero-order chi connectivity index (χ0) is 8.27. The van der Waals surface area contributed by atoms with Crippen molar-refractivity contribution in [2.45, 2.75) is 12.5 Å². The lowest BCUT2D eigenvalue weighted by Crippen LogP contribution is -2.37. The summed E-state index contributed by atoms with van der Waals surface area (Å²) in [6.07, 6.45) is 0.728. The highest BCUT2D eigenvalue weighted by Gasteiger charge is 2.26. The standard InChI is InChI=1S/C6H8ClNO2S/c7-3-5(9)8-4-1-2-11-6(4)10/h4H,1-3H2,(H,8,9)/t4-/m1/s1. The van der Waals surface area contributed by atoms with Crippen molar-refractivity contribution in [3.63, 3.8) is 0 Å². The van der Waals surface area contributed by atoms with Crippen LogP contribution in [0.4, 0.5) is 0 Å². The number of rotatable bonds is 2. The van der Waals surface area contributed by atoms with Crippen LogP contribution in [0.15, 0.2) is 0 Å². The third kappa shape index (κ3) is 2.38. The Hall–Kier alpha value is -0.220. The van der Waals surface area contributed by atoms with Crippen molar-refractivity contribution in [2.24, 2.45) is 0 Å². The Morgan fingerprint density at radius 2 is 2.55 bits per heavy atom. The molecule has 0 spiro atoms. The quantitative estimate of drug-likeness (QED) is 0.645. The fourth-order valence-corrected chi connectivity index (χ4v) is 1.87. The predicted octanol–water partition coefficient (Wildman–Crippen LogP) is 0.373. The summed E-state index contributed by atoms with van der Waals surface area (Å²) < 4.78 is 0. The van der Waals surface area contributed by atoms with Gasteiger partial charge in [0.15, 0.2) is 0 Å². The molecular formula is C6H8ClNO2S. The molecule has 0 aromatic carbocycles. The minimum absolute atomic E-state index is 0.0449. The maximum absolute atomic E-state index is 10.9. The third-order valence-corrected chi connectivity index (χ3v) is 2.64. The first-order valence-electron chi connectivity index (χ1n) is 3.26. The molecule has 1 atom stereocenters. The lowest BCUT2D eigenvalue weighted by molar-refractivity contribution is -0.122. The van der Waals surface area contributed by atoms with Gasteiger partial charge in [-0.2, -0.15) is 0 Å². The lowest BCUT2D eigenvalue weighted by Gasteiger charge is -2.07. The van der Waals surface area contributed by atoms with E-state index in [4.69, 9.17) is 11.6 Å². The maximum atomic E-state index is 10.9. The summed E-state index contributed by atoms with van der Waals surface area (Å²) in [6, 6.07) is -0.300. The monoisotopic (exact) mass is 193 g/mol. The molecule has 1 heterocycles. The first kappa shape index (κ1) is 8.87. The molecular weight excluding hydrogens is 186 g/mol. The van der Waals surface area contributed by atoms with E-state index in [2.05, 4.69) is 5.32 Å². The number of carbonyl (C=O) groups is 2. The average Bonchev–Trinajstić information content (AvgIpc) is 2.37. The van der Waals surface area contributed by atoms with E-state index in [0.29, 0.717) is 0 Å². The van der Waals surface area contributed by atoms with Crippen molar-refractivity contribution in [1.82, 2.24) is 5.32 Å². The lowest BCUT2D eigenvalue weighted by atomic mass is 10.2. The molecule has 1 N–H and O–H groups in total. The van der Waals surface area contributed by atoms with Gasteiger partial charge in [0, 0.05) is 5.75 Å². The molecule has 0 bridgehead atoms. The molecule has 0 aliphatic carbocycles. The number of amides is 1. The minimum Gasteiger partial charge on any atom is -0.344 e. The largest absolute Gasteiger partial charge is 0.344 e. The molecule has 5 heteroatoms. The zero-order valence-electron chi connectivity index (χ0n) is 5.80. The fourth-order valence-electron chi connectivity index (χ4n) is 0.860. The number of nitrogens with one attached hydrogen (secondary N) is 1. The summed E-state index contributed by atoms with van der Waals surface area (Å²) in [5.74, 6) is 0.452. The maximum Gasteiger partial charge on any atom is 0.235 e. The van der Waals surface area contributed by atoms with Gasteiger partial charge in [-0.15, -0.1) is 11.6 Å². The molecule has 1 fully saturated rings. The SMILES string of the molecule is O=C(CCl)N[C@@H]1CCSC1=O. The van der Waals surface area contributed by atoms with Crippen molar-refractivity contribution in [3.8, 4) is 0 Å². The summed E-state index contributed by atoms with van der Waals surface area (Å²) in [6.45, 7) is 0. The number of halogens is 1. The Bertz CT molecular complexity index is 185. The molecule has 0 aromatic rings. The minimum atomic E-state index is -0.300. The van der Waals surface area contributed by atoms with Crippen LogP contribution in [0.1, 0.15) is 6.42 Å². The molecule has 0 radical (unpaired) electrons. The number of hydrogen-bond donors (Lipinski definition) is 1. The molecule has 62 valence electrons. The first-order chi connectivity index (χ1) is 5.24. The van der Waals surface area contributed by atoms with Gasteiger partial charge in [0.2, 0.25) is 11.0 Å². The highest BCUT2D eigenvalue weighted by Crippen LogP contribution is 2.19. The highest BCUT2D eigenvalue weighted by atomic mass is 35.5. The van der Waals surface area contributed by atoms with Gasteiger partial charge in [0.05, 0.1) is 6.04 Å². The molecule has 0 aromatic heterocycles. The van der Waals surface area contributed by atoms with Crippen LogP contribution in [-0.4, -0.2) is 28.7 Å². The number of hydrogen-bond acceptors (Lipinski definition) is 3. The summed E-state index contributed by atoms with van der Waals surface area (Å²) >= 11 is 6.51. The number of thioether (sulfide) groups is 1.